The first-order chi connectivity index (χ1) is 12.1. The van der Waals surface area contributed by atoms with Gasteiger partial charge in [-0.2, -0.15) is 5.26 Å². The number of anilines is 3. The van der Waals surface area contributed by atoms with Crippen LogP contribution in [0.2, 0.25) is 0 Å². The minimum atomic E-state index is -0.442. The molecular formula is C18H12FN5O. The van der Waals surface area contributed by atoms with Crippen LogP contribution in [0.4, 0.5) is 21.6 Å². The maximum absolute atomic E-state index is 12.9. The van der Waals surface area contributed by atoms with Crippen molar-refractivity contribution in [1.29, 1.82) is 5.26 Å². The van der Waals surface area contributed by atoms with Gasteiger partial charge in [0, 0.05) is 17.4 Å². The lowest BCUT2D eigenvalue weighted by molar-refractivity contribution is 0.102. The van der Waals surface area contributed by atoms with Crippen LogP contribution in [0.3, 0.4) is 0 Å². The molecule has 0 saturated carbocycles. The molecule has 0 saturated heterocycles. The Hall–Kier alpha value is -3.79. The summed E-state index contributed by atoms with van der Waals surface area (Å²) in [6, 6.07) is 15.8. The van der Waals surface area contributed by atoms with Crippen LogP contribution in [0.25, 0.3) is 0 Å². The van der Waals surface area contributed by atoms with Crippen molar-refractivity contribution in [2.45, 2.75) is 0 Å². The lowest BCUT2D eigenvalue weighted by Crippen LogP contribution is -2.14. The molecule has 0 aliphatic carbocycles. The van der Waals surface area contributed by atoms with Crippen molar-refractivity contribution in [3.63, 3.8) is 0 Å². The molecule has 25 heavy (non-hydrogen) atoms. The molecule has 7 heteroatoms. The molecule has 0 fully saturated rings. The van der Waals surface area contributed by atoms with Crippen molar-refractivity contribution < 1.29 is 9.18 Å². The van der Waals surface area contributed by atoms with Crippen molar-refractivity contribution >= 4 is 23.1 Å². The Bertz CT molecular complexity index is 950. The van der Waals surface area contributed by atoms with E-state index in [1.54, 1.807) is 24.3 Å². The van der Waals surface area contributed by atoms with Crippen LogP contribution < -0.4 is 10.6 Å². The van der Waals surface area contributed by atoms with Crippen LogP contribution in [0.5, 0.6) is 0 Å². The summed E-state index contributed by atoms with van der Waals surface area (Å²) in [7, 11) is 0. The molecule has 0 aliphatic rings. The van der Waals surface area contributed by atoms with E-state index in [0.717, 1.165) is 0 Å². The first kappa shape index (κ1) is 16.1. The van der Waals surface area contributed by atoms with Gasteiger partial charge in [0.25, 0.3) is 5.91 Å². The Morgan fingerprint density at radius 2 is 1.84 bits per heavy atom. The largest absolute Gasteiger partial charge is 0.340 e. The number of halogens is 1. The summed E-state index contributed by atoms with van der Waals surface area (Å²) in [6.45, 7) is 0. The van der Waals surface area contributed by atoms with E-state index in [4.69, 9.17) is 5.26 Å². The molecule has 0 spiro atoms. The maximum Gasteiger partial charge on any atom is 0.274 e. The zero-order chi connectivity index (χ0) is 17.6. The number of carbonyl (C=O) groups excluding carboxylic acids is 1. The number of amides is 1. The number of rotatable bonds is 4. The Balaban J connectivity index is 1.75. The van der Waals surface area contributed by atoms with Gasteiger partial charge in [-0.3, -0.25) is 4.79 Å². The third kappa shape index (κ3) is 4.14. The van der Waals surface area contributed by atoms with E-state index < -0.39 is 5.91 Å². The number of benzene rings is 2. The fourth-order valence-electron chi connectivity index (χ4n) is 2.09. The third-order valence-corrected chi connectivity index (χ3v) is 3.27. The molecule has 1 aromatic heterocycles. The first-order valence-electron chi connectivity index (χ1n) is 7.30. The summed E-state index contributed by atoms with van der Waals surface area (Å²) in [4.78, 5) is 20.2. The van der Waals surface area contributed by atoms with Gasteiger partial charge < -0.3 is 10.6 Å². The van der Waals surface area contributed by atoms with Gasteiger partial charge >= 0.3 is 0 Å². The van der Waals surface area contributed by atoms with Crippen molar-refractivity contribution in [2.24, 2.45) is 0 Å². The molecule has 0 aliphatic heterocycles. The SMILES string of the molecule is N#Cc1cccc(Nc2cc(C(=O)Nc3ccc(F)cc3)ncn2)c1. The Kier molecular flexibility index (Phi) is 4.62. The molecular weight excluding hydrogens is 321 g/mol. The standard InChI is InChI=1S/C18H12FN5O/c19-13-4-6-14(7-5-13)24-18(25)16-9-17(22-11-21-16)23-15-3-1-2-12(8-15)10-20/h1-9,11H,(H,24,25)(H,21,22,23). The topological polar surface area (TPSA) is 90.7 Å². The maximum atomic E-state index is 12.9. The molecule has 0 unspecified atom stereocenters. The van der Waals surface area contributed by atoms with Gasteiger partial charge in [0.1, 0.15) is 23.7 Å². The number of nitriles is 1. The predicted octanol–water partition coefficient (Wildman–Crippen LogP) is 3.48. The summed E-state index contributed by atoms with van der Waals surface area (Å²) in [5.41, 5.74) is 1.79. The number of nitrogens with zero attached hydrogens (tertiary/aromatic N) is 3. The second kappa shape index (κ2) is 7.19. The number of nitrogens with one attached hydrogen (secondary N) is 2. The summed E-state index contributed by atoms with van der Waals surface area (Å²) < 4.78 is 12.9. The van der Waals surface area contributed by atoms with Gasteiger partial charge in [-0.1, -0.05) is 6.07 Å². The van der Waals surface area contributed by atoms with Crippen molar-refractivity contribution in [1.82, 2.24) is 9.97 Å². The van der Waals surface area contributed by atoms with Crippen LogP contribution in [-0.2, 0) is 0 Å². The second-order valence-corrected chi connectivity index (χ2v) is 5.07. The smallest absolute Gasteiger partial charge is 0.274 e. The fourth-order valence-corrected chi connectivity index (χ4v) is 2.09. The van der Waals surface area contributed by atoms with Crippen LogP contribution in [-0.4, -0.2) is 15.9 Å². The average Bonchev–Trinajstić information content (AvgIpc) is 2.64. The molecule has 0 atom stereocenters. The highest BCUT2D eigenvalue weighted by atomic mass is 19.1. The Labute approximate surface area is 143 Å². The van der Waals surface area contributed by atoms with Gasteiger partial charge in [0.2, 0.25) is 0 Å². The van der Waals surface area contributed by atoms with Crippen molar-refractivity contribution in [2.75, 3.05) is 10.6 Å². The number of hydrogen-bond acceptors (Lipinski definition) is 5. The van der Waals surface area contributed by atoms with Gasteiger partial charge in [0.05, 0.1) is 11.6 Å². The highest BCUT2D eigenvalue weighted by Crippen LogP contribution is 2.16. The van der Waals surface area contributed by atoms with Crippen LogP contribution >= 0.6 is 0 Å². The summed E-state index contributed by atoms with van der Waals surface area (Å²) in [6.07, 6.45) is 1.26. The first-order valence-corrected chi connectivity index (χ1v) is 7.30. The van der Waals surface area contributed by atoms with E-state index in [-0.39, 0.29) is 11.5 Å². The summed E-state index contributed by atoms with van der Waals surface area (Å²) in [5, 5.41) is 14.6. The van der Waals surface area contributed by atoms with Gasteiger partial charge in [-0.15, -0.1) is 0 Å². The number of aromatic nitrogens is 2. The van der Waals surface area contributed by atoms with E-state index in [1.165, 1.54) is 36.7 Å². The van der Waals surface area contributed by atoms with E-state index in [1.807, 2.05) is 0 Å². The molecule has 0 radical (unpaired) electrons. The quantitative estimate of drug-likeness (QED) is 0.763. The zero-order valence-electron chi connectivity index (χ0n) is 12.9. The van der Waals surface area contributed by atoms with E-state index in [0.29, 0.717) is 22.8 Å². The number of carbonyl (C=O) groups is 1. The van der Waals surface area contributed by atoms with Crippen LogP contribution in [0.1, 0.15) is 16.1 Å². The number of hydrogen-bond donors (Lipinski definition) is 2. The van der Waals surface area contributed by atoms with Crippen LogP contribution in [0, 0.1) is 17.1 Å². The minimum absolute atomic E-state index is 0.151. The summed E-state index contributed by atoms with van der Waals surface area (Å²) >= 11 is 0. The minimum Gasteiger partial charge on any atom is -0.340 e. The van der Waals surface area contributed by atoms with Crippen molar-refractivity contribution in [3.8, 4) is 6.07 Å². The molecule has 3 aromatic rings. The van der Waals surface area contributed by atoms with Gasteiger partial charge in [-0.05, 0) is 42.5 Å². The van der Waals surface area contributed by atoms with E-state index in [9.17, 15) is 9.18 Å². The second-order valence-electron chi connectivity index (χ2n) is 5.07. The zero-order valence-corrected chi connectivity index (χ0v) is 12.9. The lowest BCUT2D eigenvalue weighted by Gasteiger charge is -2.08. The van der Waals surface area contributed by atoms with Gasteiger partial charge in [-0.25, -0.2) is 14.4 Å². The molecule has 6 nitrogen and oxygen atoms in total. The molecule has 2 aromatic carbocycles. The highest BCUT2D eigenvalue weighted by Gasteiger charge is 2.09. The predicted molar refractivity (Wildman–Crippen MR) is 90.8 cm³/mol. The van der Waals surface area contributed by atoms with Crippen LogP contribution in [0.15, 0.2) is 60.9 Å². The third-order valence-electron chi connectivity index (χ3n) is 3.27. The highest BCUT2D eigenvalue weighted by molar-refractivity contribution is 6.03. The summed E-state index contributed by atoms with van der Waals surface area (Å²) in [5.74, 6) is -0.414. The lowest BCUT2D eigenvalue weighted by atomic mass is 10.2. The fraction of sp³-hybridized carbons (Fsp3) is 0. The monoisotopic (exact) mass is 333 g/mol. The molecule has 2 N–H and O–H groups in total. The Morgan fingerprint density at radius 3 is 2.60 bits per heavy atom. The molecule has 1 heterocycles. The van der Waals surface area contributed by atoms with Gasteiger partial charge in [0.15, 0.2) is 0 Å². The Morgan fingerprint density at radius 1 is 1.04 bits per heavy atom. The van der Waals surface area contributed by atoms with E-state index in [2.05, 4.69) is 26.7 Å². The molecule has 0 bridgehead atoms. The molecule has 3 rings (SSSR count). The molecule has 1 amide bonds. The average molecular weight is 333 g/mol. The molecule has 122 valence electrons. The van der Waals surface area contributed by atoms with Crippen molar-refractivity contribution in [3.05, 3.63) is 78.0 Å². The normalized spacial score (nSPS) is 9.92. The van der Waals surface area contributed by atoms with E-state index >= 15 is 0 Å².